The smallest absolute Gasteiger partial charge is 0.339 e. The van der Waals surface area contributed by atoms with Crippen molar-refractivity contribution < 1.29 is 14.7 Å². The molecule has 0 fully saturated rings. The number of rotatable bonds is 4. The summed E-state index contributed by atoms with van der Waals surface area (Å²) in [5, 5.41) is 17.1. The van der Waals surface area contributed by atoms with Crippen molar-refractivity contribution in [2.45, 2.75) is 6.54 Å². The van der Waals surface area contributed by atoms with Crippen molar-refractivity contribution in [1.29, 1.82) is 0 Å². The van der Waals surface area contributed by atoms with Crippen LogP contribution in [-0.4, -0.2) is 55.5 Å². The summed E-state index contributed by atoms with van der Waals surface area (Å²) in [4.78, 5) is 24.3. The Hall–Kier alpha value is -2.64. The lowest BCUT2D eigenvalue weighted by Crippen LogP contribution is -2.22. The van der Waals surface area contributed by atoms with Crippen molar-refractivity contribution in [3.05, 3.63) is 35.4 Å². The zero-order valence-electron chi connectivity index (χ0n) is 11.4. The van der Waals surface area contributed by atoms with Gasteiger partial charge < -0.3 is 10.0 Å². The molecule has 0 saturated carbocycles. The number of carboxylic acid groups (broad SMARTS) is 1. The van der Waals surface area contributed by atoms with Crippen molar-refractivity contribution in [2.75, 3.05) is 14.1 Å². The maximum Gasteiger partial charge on any atom is 0.339 e. The van der Waals surface area contributed by atoms with E-state index in [0.717, 1.165) is 0 Å². The summed E-state index contributed by atoms with van der Waals surface area (Å²) in [6, 6.07) is 1.60. The van der Waals surface area contributed by atoms with Crippen LogP contribution in [0, 0.1) is 0 Å². The van der Waals surface area contributed by atoms with Crippen LogP contribution >= 0.6 is 0 Å². The molecule has 0 bridgehead atoms. The van der Waals surface area contributed by atoms with E-state index in [1.807, 2.05) is 0 Å². The Morgan fingerprint density at radius 2 is 2.10 bits per heavy atom. The monoisotopic (exact) mass is 277 g/mol. The topological polar surface area (TPSA) is 93.3 Å². The van der Waals surface area contributed by atoms with E-state index in [4.69, 9.17) is 5.11 Å². The predicted molar refractivity (Wildman–Crippen MR) is 69.5 cm³/mol. The molecule has 8 heteroatoms. The molecular formula is C12H15N5O3. The van der Waals surface area contributed by atoms with Crippen LogP contribution in [0.5, 0.6) is 0 Å². The van der Waals surface area contributed by atoms with Crippen LogP contribution in [0.25, 0.3) is 0 Å². The van der Waals surface area contributed by atoms with E-state index in [-0.39, 0.29) is 18.0 Å². The number of carbonyl (C=O) groups excluding carboxylic acids is 1. The second-order valence-corrected chi connectivity index (χ2v) is 4.53. The van der Waals surface area contributed by atoms with E-state index in [2.05, 4.69) is 10.2 Å². The third-order valence-electron chi connectivity index (χ3n) is 2.87. The molecule has 0 atom stereocenters. The average Bonchev–Trinajstić information content (AvgIpc) is 2.97. The molecule has 1 N–H and O–H groups in total. The third-order valence-corrected chi connectivity index (χ3v) is 2.87. The highest BCUT2D eigenvalue weighted by molar-refractivity contribution is 5.91. The van der Waals surface area contributed by atoms with Crippen LogP contribution in [0.4, 0.5) is 0 Å². The van der Waals surface area contributed by atoms with Gasteiger partial charge in [0.25, 0.3) is 5.91 Å². The van der Waals surface area contributed by atoms with Crippen LogP contribution in [0.15, 0.2) is 18.5 Å². The molecule has 2 aromatic rings. The molecule has 0 aliphatic rings. The molecule has 0 aliphatic carbocycles. The first-order valence-corrected chi connectivity index (χ1v) is 5.89. The molecule has 2 rings (SSSR count). The van der Waals surface area contributed by atoms with Crippen LogP contribution in [0.2, 0.25) is 0 Å². The molecule has 2 aromatic heterocycles. The summed E-state index contributed by atoms with van der Waals surface area (Å²) in [5.41, 5.74) is 0.960. The summed E-state index contributed by atoms with van der Waals surface area (Å²) in [5.74, 6) is -1.24. The van der Waals surface area contributed by atoms with Gasteiger partial charge in [0.2, 0.25) is 0 Å². The van der Waals surface area contributed by atoms with Gasteiger partial charge in [0.15, 0.2) is 0 Å². The SMILES string of the molecule is CN(C)C(=O)c1ccn(Cc2c(C(=O)O)cnn2C)n1. The maximum atomic E-state index is 11.7. The van der Waals surface area contributed by atoms with Gasteiger partial charge in [0.05, 0.1) is 18.4 Å². The normalized spacial score (nSPS) is 10.6. The lowest BCUT2D eigenvalue weighted by atomic mass is 10.2. The van der Waals surface area contributed by atoms with Gasteiger partial charge in [-0.3, -0.25) is 14.2 Å². The number of amides is 1. The molecule has 1 amide bonds. The predicted octanol–water partition coefficient (Wildman–Crippen LogP) is 0.0649. The first-order valence-electron chi connectivity index (χ1n) is 5.89. The highest BCUT2D eigenvalue weighted by Gasteiger charge is 2.17. The number of aromatic carboxylic acids is 1. The molecule has 106 valence electrons. The summed E-state index contributed by atoms with van der Waals surface area (Å²) in [6.45, 7) is 0.235. The van der Waals surface area contributed by atoms with Gasteiger partial charge in [0.1, 0.15) is 11.3 Å². The first-order chi connectivity index (χ1) is 9.40. The zero-order chi connectivity index (χ0) is 14.9. The van der Waals surface area contributed by atoms with Gasteiger partial charge in [-0.1, -0.05) is 0 Å². The van der Waals surface area contributed by atoms with Crippen molar-refractivity contribution >= 4 is 11.9 Å². The number of aryl methyl sites for hydroxylation is 1. The molecular weight excluding hydrogens is 262 g/mol. The van der Waals surface area contributed by atoms with Gasteiger partial charge in [-0.2, -0.15) is 10.2 Å². The van der Waals surface area contributed by atoms with Crippen molar-refractivity contribution in [3.8, 4) is 0 Å². The molecule has 0 spiro atoms. The maximum absolute atomic E-state index is 11.7. The van der Waals surface area contributed by atoms with Crippen molar-refractivity contribution in [3.63, 3.8) is 0 Å². The quantitative estimate of drug-likeness (QED) is 0.853. The molecule has 0 unspecified atom stereocenters. The Morgan fingerprint density at radius 3 is 2.70 bits per heavy atom. The van der Waals surface area contributed by atoms with E-state index in [0.29, 0.717) is 11.4 Å². The number of carbonyl (C=O) groups is 2. The standard InChI is InChI=1S/C12H15N5O3/c1-15(2)11(18)9-4-5-17(14-9)7-10-8(12(19)20)6-13-16(10)3/h4-6H,7H2,1-3H3,(H,19,20). The van der Waals surface area contributed by atoms with Crippen LogP contribution < -0.4 is 0 Å². The summed E-state index contributed by atoms with van der Waals surface area (Å²) >= 11 is 0. The second kappa shape index (κ2) is 5.16. The molecule has 2 heterocycles. The lowest BCUT2D eigenvalue weighted by Gasteiger charge is -2.07. The van der Waals surface area contributed by atoms with E-state index in [1.165, 1.54) is 20.5 Å². The second-order valence-electron chi connectivity index (χ2n) is 4.53. The van der Waals surface area contributed by atoms with Gasteiger partial charge in [0, 0.05) is 27.3 Å². The molecule has 0 aromatic carbocycles. The molecule has 0 saturated heterocycles. The van der Waals surface area contributed by atoms with Gasteiger partial charge in [-0.25, -0.2) is 4.79 Å². The fourth-order valence-electron chi connectivity index (χ4n) is 1.78. The summed E-state index contributed by atoms with van der Waals surface area (Å²) < 4.78 is 3.00. The minimum atomic E-state index is -1.04. The Kier molecular flexibility index (Phi) is 3.55. The average molecular weight is 277 g/mol. The molecule has 20 heavy (non-hydrogen) atoms. The molecule has 0 aliphatic heterocycles. The number of nitrogens with zero attached hydrogens (tertiary/aromatic N) is 5. The fraction of sp³-hybridized carbons (Fsp3) is 0.333. The largest absolute Gasteiger partial charge is 0.478 e. The Balaban J connectivity index is 2.25. The van der Waals surface area contributed by atoms with Gasteiger partial charge in [-0.15, -0.1) is 0 Å². The number of aromatic nitrogens is 4. The minimum absolute atomic E-state index is 0.128. The van der Waals surface area contributed by atoms with E-state index < -0.39 is 5.97 Å². The third kappa shape index (κ3) is 2.53. The van der Waals surface area contributed by atoms with Gasteiger partial charge >= 0.3 is 5.97 Å². The highest BCUT2D eigenvalue weighted by atomic mass is 16.4. The molecule has 8 nitrogen and oxygen atoms in total. The Morgan fingerprint density at radius 1 is 1.40 bits per heavy atom. The highest BCUT2D eigenvalue weighted by Crippen LogP contribution is 2.10. The van der Waals surface area contributed by atoms with Crippen molar-refractivity contribution in [2.24, 2.45) is 7.05 Å². The van der Waals surface area contributed by atoms with E-state index >= 15 is 0 Å². The first kappa shape index (κ1) is 13.8. The van der Waals surface area contributed by atoms with E-state index in [9.17, 15) is 9.59 Å². The fourth-order valence-corrected chi connectivity index (χ4v) is 1.78. The summed E-state index contributed by atoms with van der Waals surface area (Å²) in [6.07, 6.45) is 2.93. The molecule has 0 radical (unpaired) electrons. The van der Waals surface area contributed by atoms with Crippen LogP contribution in [0.3, 0.4) is 0 Å². The zero-order valence-corrected chi connectivity index (χ0v) is 11.4. The Bertz CT molecular complexity index is 656. The van der Waals surface area contributed by atoms with Gasteiger partial charge in [-0.05, 0) is 6.07 Å². The lowest BCUT2D eigenvalue weighted by molar-refractivity contribution is 0.0694. The summed E-state index contributed by atoms with van der Waals surface area (Å²) in [7, 11) is 4.95. The minimum Gasteiger partial charge on any atom is -0.478 e. The number of hydrogen-bond donors (Lipinski definition) is 1. The van der Waals surface area contributed by atoms with Crippen molar-refractivity contribution in [1.82, 2.24) is 24.5 Å². The van der Waals surface area contributed by atoms with Crippen LogP contribution in [0.1, 0.15) is 26.5 Å². The Labute approximate surface area is 115 Å². The van der Waals surface area contributed by atoms with Crippen LogP contribution in [-0.2, 0) is 13.6 Å². The van der Waals surface area contributed by atoms with E-state index in [1.54, 1.807) is 33.4 Å². The number of hydrogen-bond acceptors (Lipinski definition) is 4. The number of carboxylic acids is 1.